The van der Waals surface area contributed by atoms with Crippen molar-refractivity contribution in [1.82, 2.24) is 15.1 Å². The van der Waals surface area contributed by atoms with Crippen molar-refractivity contribution >= 4 is 22.4 Å². The van der Waals surface area contributed by atoms with Gasteiger partial charge in [-0.15, -0.1) is 10.2 Å². The van der Waals surface area contributed by atoms with Crippen molar-refractivity contribution in [2.45, 2.75) is 50.9 Å². The summed E-state index contributed by atoms with van der Waals surface area (Å²) < 4.78 is 10.9. The first-order valence-corrected chi connectivity index (χ1v) is 12.2. The number of ether oxygens (including phenoxy) is 2. The van der Waals surface area contributed by atoms with Crippen LogP contribution in [0.3, 0.4) is 0 Å². The van der Waals surface area contributed by atoms with Crippen LogP contribution in [0.25, 0.3) is 0 Å². The first kappa shape index (κ1) is 21.9. The number of hydrogen-bond donors (Lipinski definition) is 0. The summed E-state index contributed by atoms with van der Waals surface area (Å²) in [5.74, 6) is 2.41. The summed E-state index contributed by atoms with van der Waals surface area (Å²) in [5.41, 5.74) is 0. The third kappa shape index (κ3) is 5.87. The number of aromatic nitrogens is 2. The average Bonchev–Trinajstić information content (AvgIpc) is 3.33. The Morgan fingerprint density at radius 2 is 1.74 bits per heavy atom. The molecule has 1 saturated heterocycles. The molecule has 2 heterocycles. The van der Waals surface area contributed by atoms with Crippen LogP contribution in [0, 0.1) is 0 Å². The van der Waals surface area contributed by atoms with E-state index in [2.05, 4.69) is 15.1 Å². The number of methoxy groups -OCH3 is 1. The number of carbonyl (C=O) groups is 1. The second kappa shape index (κ2) is 10.8. The van der Waals surface area contributed by atoms with Crippen molar-refractivity contribution in [1.29, 1.82) is 0 Å². The summed E-state index contributed by atoms with van der Waals surface area (Å²) in [4.78, 5) is 16.8. The second-order valence-corrected chi connectivity index (χ2v) is 9.24. The number of nitrogens with zero attached hydrogens (tertiary/aromatic N) is 4. The third-order valence-corrected chi connectivity index (χ3v) is 7.30. The number of carbonyl (C=O) groups excluding carboxylic acids is 1. The molecule has 1 aliphatic carbocycles. The van der Waals surface area contributed by atoms with Crippen molar-refractivity contribution in [3.05, 3.63) is 29.3 Å². The Bertz CT molecular complexity index is 828. The van der Waals surface area contributed by atoms with Gasteiger partial charge in [0.25, 0.3) is 0 Å². The summed E-state index contributed by atoms with van der Waals surface area (Å²) in [6, 6.07) is 7.51. The predicted octanol–water partition coefficient (Wildman–Crippen LogP) is 4.10. The van der Waals surface area contributed by atoms with Gasteiger partial charge in [-0.05, 0) is 43.5 Å². The number of hydrogen-bond acceptors (Lipinski definition) is 7. The Balaban J connectivity index is 1.16. The molecular formula is C23H32N4O3S. The molecule has 2 fully saturated rings. The van der Waals surface area contributed by atoms with Crippen LogP contribution in [0.15, 0.2) is 24.3 Å². The SMILES string of the molecule is COc1ccc(OCCCC(=O)N2CCN(c3nnc(C4CCCCC4)s3)CC2)cc1. The van der Waals surface area contributed by atoms with Crippen LogP contribution in [-0.2, 0) is 4.79 Å². The zero-order chi connectivity index (χ0) is 21.5. The molecule has 1 aliphatic heterocycles. The summed E-state index contributed by atoms with van der Waals surface area (Å²) in [6.45, 7) is 3.68. The van der Waals surface area contributed by atoms with Gasteiger partial charge in [0.05, 0.1) is 13.7 Å². The van der Waals surface area contributed by atoms with Gasteiger partial charge in [-0.1, -0.05) is 30.6 Å². The van der Waals surface area contributed by atoms with E-state index in [0.29, 0.717) is 25.4 Å². The quantitative estimate of drug-likeness (QED) is 0.571. The van der Waals surface area contributed by atoms with E-state index in [9.17, 15) is 4.79 Å². The van der Waals surface area contributed by atoms with Crippen LogP contribution >= 0.6 is 11.3 Å². The molecule has 168 valence electrons. The van der Waals surface area contributed by atoms with E-state index in [-0.39, 0.29) is 5.91 Å². The fourth-order valence-corrected chi connectivity index (χ4v) is 5.32. The Hall–Kier alpha value is -2.35. The zero-order valence-corrected chi connectivity index (χ0v) is 19.1. The Morgan fingerprint density at radius 1 is 1.03 bits per heavy atom. The first-order valence-electron chi connectivity index (χ1n) is 11.4. The highest BCUT2D eigenvalue weighted by Crippen LogP contribution is 2.36. The second-order valence-electron chi connectivity index (χ2n) is 8.25. The van der Waals surface area contributed by atoms with Crippen LogP contribution in [0.2, 0.25) is 0 Å². The lowest BCUT2D eigenvalue weighted by Crippen LogP contribution is -2.48. The van der Waals surface area contributed by atoms with Crippen molar-refractivity contribution in [3.8, 4) is 11.5 Å². The van der Waals surface area contributed by atoms with E-state index in [4.69, 9.17) is 9.47 Å². The predicted molar refractivity (Wildman–Crippen MR) is 122 cm³/mol. The third-order valence-electron chi connectivity index (χ3n) is 6.15. The number of amides is 1. The minimum absolute atomic E-state index is 0.207. The lowest BCUT2D eigenvalue weighted by Gasteiger charge is -2.34. The van der Waals surface area contributed by atoms with Gasteiger partial charge in [-0.25, -0.2) is 0 Å². The molecule has 1 saturated carbocycles. The molecule has 7 nitrogen and oxygen atoms in total. The van der Waals surface area contributed by atoms with Crippen molar-refractivity contribution in [2.24, 2.45) is 0 Å². The molecule has 0 radical (unpaired) electrons. The topological polar surface area (TPSA) is 67.8 Å². The standard InChI is InChI=1S/C23H32N4O3S/c1-29-19-9-11-20(12-10-19)30-17-5-8-21(28)26-13-15-27(16-14-26)23-25-24-22(31-23)18-6-3-2-4-7-18/h9-12,18H,2-8,13-17H2,1H3. The number of piperazine rings is 1. The molecule has 1 aromatic heterocycles. The van der Waals surface area contributed by atoms with Crippen molar-refractivity contribution < 1.29 is 14.3 Å². The number of anilines is 1. The van der Waals surface area contributed by atoms with Gasteiger partial charge in [0, 0.05) is 38.5 Å². The highest BCUT2D eigenvalue weighted by Gasteiger charge is 2.25. The van der Waals surface area contributed by atoms with Gasteiger partial charge >= 0.3 is 0 Å². The van der Waals surface area contributed by atoms with Gasteiger partial charge in [0.2, 0.25) is 11.0 Å². The van der Waals surface area contributed by atoms with Crippen LogP contribution in [0.5, 0.6) is 11.5 Å². The highest BCUT2D eigenvalue weighted by molar-refractivity contribution is 7.15. The maximum absolute atomic E-state index is 12.6. The molecule has 0 bridgehead atoms. The molecule has 0 atom stereocenters. The molecule has 2 aliphatic rings. The van der Waals surface area contributed by atoms with Crippen LogP contribution in [0.4, 0.5) is 5.13 Å². The van der Waals surface area contributed by atoms with E-state index < -0.39 is 0 Å². The maximum Gasteiger partial charge on any atom is 0.222 e. The monoisotopic (exact) mass is 444 g/mol. The molecule has 0 spiro atoms. The van der Waals surface area contributed by atoms with E-state index in [0.717, 1.165) is 42.8 Å². The maximum atomic E-state index is 12.6. The summed E-state index contributed by atoms with van der Waals surface area (Å²) in [6.07, 6.45) is 7.70. The molecule has 1 aromatic carbocycles. The molecule has 8 heteroatoms. The average molecular weight is 445 g/mol. The van der Waals surface area contributed by atoms with E-state index >= 15 is 0 Å². The lowest BCUT2D eigenvalue weighted by molar-refractivity contribution is -0.131. The van der Waals surface area contributed by atoms with Crippen molar-refractivity contribution in [3.63, 3.8) is 0 Å². The molecular weight excluding hydrogens is 412 g/mol. The molecule has 0 unspecified atom stereocenters. The fourth-order valence-electron chi connectivity index (χ4n) is 4.26. The van der Waals surface area contributed by atoms with Gasteiger partial charge in [0.1, 0.15) is 16.5 Å². The minimum Gasteiger partial charge on any atom is -0.497 e. The van der Waals surface area contributed by atoms with Gasteiger partial charge in [-0.3, -0.25) is 4.79 Å². The first-order chi connectivity index (χ1) is 15.2. The van der Waals surface area contributed by atoms with E-state index in [1.54, 1.807) is 18.4 Å². The van der Waals surface area contributed by atoms with Crippen molar-refractivity contribution in [2.75, 3.05) is 44.8 Å². The smallest absolute Gasteiger partial charge is 0.222 e. The normalized spacial score (nSPS) is 17.6. The van der Waals surface area contributed by atoms with Crippen LogP contribution < -0.4 is 14.4 Å². The van der Waals surface area contributed by atoms with Gasteiger partial charge in [-0.2, -0.15) is 0 Å². The molecule has 4 rings (SSSR count). The Labute approximate surface area is 188 Å². The van der Waals surface area contributed by atoms with Gasteiger partial charge < -0.3 is 19.3 Å². The summed E-state index contributed by atoms with van der Waals surface area (Å²) >= 11 is 1.75. The largest absolute Gasteiger partial charge is 0.497 e. The van der Waals surface area contributed by atoms with Crippen LogP contribution in [0.1, 0.15) is 55.9 Å². The molecule has 0 N–H and O–H groups in total. The van der Waals surface area contributed by atoms with E-state index in [1.807, 2.05) is 29.2 Å². The molecule has 1 amide bonds. The zero-order valence-electron chi connectivity index (χ0n) is 18.3. The Kier molecular flexibility index (Phi) is 7.61. The summed E-state index contributed by atoms with van der Waals surface area (Å²) in [7, 11) is 1.64. The van der Waals surface area contributed by atoms with Crippen LogP contribution in [-0.4, -0.2) is 60.9 Å². The van der Waals surface area contributed by atoms with E-state index in [1.165, 1.54) is 37.1 Å². The fraction of sp³-hybridized carbons (Fsp3) is 0.609. The minimum atomic E-state index is 0.207. The Morgan fingerprint density at radius 3 is 2.45 bits per heavy atom. The highest BCUT2D eigenvalue weighted by atomic mass is 32.1. The molecule has 2 aromatic rings. The van der Waals surface area contributed by atoms with Gasteiger partial charge in [0.15, 0.2) is 0 Å². The molecule has 31 heavy (non-hydrogen) atoms. The number of benzene rings is 1. The number of rotatable bonds is 8. The summed E-state index contributed by atoms with van der Waals surface area (Å²) in [5, 5.41) is 11.1. The lowest BCUT2D eigenvalue weighted by atomic mass is 9.90.